The van der Waals surface area contributed by atoms with Crippen LogP contribution in [0.25, 0.3) is 0 Å². The Morgan fingerprint density at radius 1 is 1.16 bits per heavy atom. The van der Waals surface area contributed by atoms with Crippen LogP contribution in [0.1, 0.15) is 62.8 Å². The number of morpholine rings is 1. The molecule has 0 unspecified atom stereocenters. The SMILES string of the molecule is CC[C@@H](CNS(=O)(=O)C1(C)CC1)N1C(=O)[C@@H](CC(=O)O)O[C@H](c2cccc(Cl)c2)[C@H]1c1ccc(Cl)cc1. The number of nitrogens with zero attached hydrogens (tertiary/aromatic N) is 1. The summed E-state index contributed by atoms with van der Waals surface area (Å²) in [6.45, 7) is 3.55. The molecule has 2 aromatic carbocycles. The van der Waals surface area contributed by atoms with E-state index in [0.29, 0.717) is 40.4 Å². The molecule has 0 bridgehead atoms. The van der Waals surface area contributed by atoms with Gasteiger partial charge in [-0.3, -0.25) is 9.59 Å². The topological polar surface area (TPSA) is 113 Å². The molecule has 0 radical (unpaired) electrons. The molecule has 200 valence electrons. The Balaban J connectivity index is 1.79. The van der Waals surface area contributed by atoms with Gasteiger partial charge in [-0.2, -0.15) is 0 Å². The van der Waals surface area contributed by atoms with E-state index >= 15 is 0 Å². The minimum absolute atomic E-state index is 0.00763. The van der Waals surface area contributed by atoms with Gasteiger partial charge in [0.15, 0.2) is 0 Å². The highest BCUT2D eigenvalue weighted by molar-refractivity contribution is 7.91. The zero-order valence-electron chi connectivity index (χ0n) is 20.6. The average Bonchev–Trinajstić information content (AvgIpc) is 3.61. The minimum Gasteiger partial charge on any atom is -0.481 e. The summed E-state index contributed by atoms with van der Waals surface area (Å²) < 4.78 is 33.8. The zero-order chi connectivity index (χ0) is 27.0. The number of ether oxygens (including phenoxy) is 1. The van der Waals surface area contributed by atoms with Crippen LogP contribution in [0.15, 0.2) is 48.5 Å². The number of halogens is 2. The normalized spacial score (nSPS) is 24.1. The van der Waals surface area contributed by atoms with Gasteiger partial charge in [-0.15, -0.1) is 0 Å². The second-order valence-corrected chi connectivity index (χ2v) is 13.0. The molecule has 0 spiro atoms. The quantitative estimate of drug-likeness (QED) is 0.428. The fraction of sp³-hybridized carbons (Fsp3) is 0.462. The lowest BCUT2D eigenvalue weighted by Crippen LogP contribution is -2.57. The van der Waals surface area contributed by atoms with Crippen molar-refractivity contribution in [2.75, 3.05) is 6.54 Å². The number of carbonyl (C=O) groups is 2. The summed E-state index contributed by atoms with van der Waals surface area (Å²) in [6, 6.07) is 12.7. The molecule has 37 heavy (non-hydrogen) atoms. The van der Waals surface area contributed by atoms with E-state index in [0.717, 1.165) is 0 Å². The molecule has 2 aromatic rings. The number of carbonyl (C=O) groups excluding carboxylic acids is 1. The molecule has 0 aromatic heterocycles. The summed E-state index contributed by atoms with van der Waals surface area (Å²) >= 11 is 12.4. The third kappa shape index (κ3) is 5.96. The van der Waals surface area contributed by atoms with Crippen molar-refractivity contribution in [2.24, 2.45) is 0 Å². The molecule has 4 rings (SSSR count). The second kappa shape index (κ2) is 10.9. The van der Waals surface area contributed by atoms with Crippen LogP contribution >= 0.6 is 23.2 Å². The number of nitrogens with one attached hydrogen (secondary N) is 1. The molecular weight excluding hydrogens is 539 g/mol. The Morgan fingerprint density at radius 3 is 2.41 bits per heavy atom. The standard InChI is InChI=1S/C26H30Cl2N2O6S/c1-3-20(15-29-37(34,35)26(2)11-12-26)30-23(16-7-9-18(27)10-8-16)24(17-5-4-6-19(28)13-17)36-21(25(30)33)14-22(31)32/h4-10,13,20-21,23-24,29H,3,11-12,14-15H2,1-2H3,(H,31,32)/t20-,21+,23+,24+/m0/s1. The average molecular weight is 570 g/mol. The summed E-state index contributed by atoms with van der Waals surface area (Å²) in [5.41, 5.74) is 1.38. The Hall–Kier alpha value is -2.17. The smallest absolute Gasteiger partial charge is 0.306 e. The second-order valence-electron chi connectivity index (χ2n) is 9.80. The van der Waals surface area contributed by atoms with Gasteiger partial charge >= 0.3 is 5.97 Å². The summed E-state index contributed by atoms with van der Waals surface area (Å²) in [4.78, 5) is 27.0. The summed E-state index contributed by atoms with van der Waals surface area (Å²) in [5, 5.41) is 10.5. The first-order chi connectivity index (χ1) is 17.5. The molecule has 1 amide bonds. The van der Waals surface area contributed by atoms with Crippen molar-refractivity contribution in [2.45, 2.75) is 68.6 Å². The van der Waals surface area contributed by atoms with Crippen molar-refractivity contribution in [3.05, 3.63) is 69.7 Å². The third-order valence-electron chi connectivity index (χ3n) is 7.15. The number of aliphatic carboxylic acids is 1. The number of benzene rings is 2. The zero-order valence-corrected chi connectivity index (χ0v) is 22.9. The van der Waals surface area contributed by atoms with Gasteiger partial charge < -0.3 is 14.7 Å². The summed E-state index contributed by atoms with van der Waals surface area (Å²) in [6.07, 6.45) is -0.941. The van der Waals surface area contributed by atoms with Gasteiger partial charge in [0, 0.05) is 22.6 Å². The van der Waals surface area contributed by atoms with E-state index in [2.05, 4.69) is 4.72 Å². The maximum atomic E-state index is 13.8. The molecule has 2 N–H and O–H groups in total. The first-order valence-electron chi connectivity index (χ1n) is 12.2. The fourth-order valence-electron chi connectivity index (χ4n) is 4.66. The largest absolute Gasteiger partial charge is 0.481 e. The van der Waals surface area contributed by atoms with Crippen LogP contribution in [0.4, 0.5) is 0 Å². The molecule has 8 nitrogen and oxygen atoms in total. The van der Waals surface area contributed by atoms with Gasteiger partial charge in [0.05, 0.1) is 17.2 Å². The first-order valence-corrected chi connectivity index (χ1v) is 14.4. The minimum atomic E-state index is -3.59. The van der Waals surface area contributed by atoms with Crippen molar-refractivity contribution in [3.8, 4) is 0 Å². The Morgan fingerprint density at radius 2 is 1.84 bits per heavy atom. The van der Waals surface area contributed by atoms with Crippen LogP contribution in [0.5, 0.6) is 0 Å². The van der Waals surface area contributed by atoms with Crippen molar-refractivity contribution in [1.29, 1.82) is 0 Å². The third-order valence-corrected chi connectivity index (χ3v) is 9.89. The lowest BCUT2D eigenvalue weighted by atomic mass is 9.89. The van der Waals surface area contributed by atoms with E-state index in [-0.39, 0.29) is 6.54 Å². The Bertz CT molecular complexity index is 1270. The van der Waals surface area contributed by atoms with E-state index in [4.69, 9.17) is 27.9 Å². The first kappa shape index (κ1) is 27.9. The molecule has 4 atom stereocenters. The monoisotopic (exact) mass is 568 g/mol. The predicted molar refractivity (Wildman–Crippen MR) is 141 cm³/mol. The van der Waals surface area contributed by atoms with E-state index < -0.39 is 57.4 Å². The fourth-order valence-corrected chi connectivity index (χ4v) is 6.39. The van der Waals surface area contributed by atoms with Crippen LogP contribution < -0.4 is 4.72 Å². The number of carboxylic acid groups (broad SMARTS) is 1. The number of carboxylic acids is 1. The molecule has 1 aliphatic heterocycles. The number of sulfonamides is 1. The number of rotatable bonds is 10. The molecule has 1 aliphatic carbocycles. The van der Waals surface area contributed by atoms with Crippen molar-refractivity contribution < 1.29 is 27.9 Å². The maximum Gasteiger partial charge on any atom is 0.306 e. The highest BCUT2D eigenvalue weighted by atomic mass is 35.5. The Labute approximate surface area is 226 Å². The van der Waals surface area contributed by atoms with Crippen molar-refractivity contribution >= 4 is 45.1 Å². The molecule has 1 heterocycles. The molecule has 2 fully saturated rings. The van der Waals surface area contributed by atoms with Crippen molar-refractivity contribution in [3.63, 3.8) is 0 Å². The molecule has 11 heteroatoms. The maximum absolute atomic E-state index is 13.8. The molecule has 2 aliphatic rings. The van der Waals surface area contributed by atoms with E-state index in [9.17, 15) is 23.1 Å². The number of hydrogen-bond donors (Lipinski definition) is 2. The van der Waals surface area contributed by atoms with Crippen LogP contribution in [0, 0.1) is 0 Å². The van der Waals surface area contributed by atoms with Crippen LogP contribution in [-0.4, -0.2) is 53.7 Å². The van der Waals surface area contributed by atoms with Crippen LogP contribution in [0.2, 0.25) is 10.0 Å². The number of amides is 1. The van der Waals surface area contributed by atoms with Gasteiger partial charge in [-0.25, -0.2) is 13.1 Å². The van der Waals surface area contributed by atoms with Gasteiger partial charge in [0.2, 0.25) is 10.0 Å². The predicted octanol–water partition coefficient (Wildman–Crippen LogP) is 4.73. The lowest BCUT2D eigenvalue weighted by Gasteiger charge is -2.48. The molecule has 1 saturated heterocycles. The lowest BCUT2D eigenvalue weighted by molar-refractivity contribution is -0.183. The van der Waals surface area contributed by atoms with Gasteiger partial charge in [-0.05, 0) is 61.6 Å². The number of hydrogen-bond acceptors (Lipinski definition) is 5. The van der Waals surface area contributed by atoms with Gasteiger partial charge in [0.25, 0.3) is 5.91 Å². The summed E-state index contributed by atoms with van der Waals surface area (Å²) in [5.74, 6) is -1.69. The van der Waals surface area contributed by atoms with E-state index in [1.165, 1.54) is 0 Å². The Kier molecular flexibility index (Phi) is 8.21. The van der Waals surface area contributed by atoms with Crippen LogP contribution in [-0.2, 0) is 24.3 Å². The highest BCUT2D eigenvalue weighted by Crippen LogP contribution is 2.45. The van der Waals surface area contributed by atoms with Gasteiger partial charge in [-0.1, -0.05) is 54.4 Å². The molecular formula is C26H30Cl2N2O6S. The van der Waals surface area contributed by atoms with Gasteiger partial charge in [0.1, 0.15) is 12.2 Å². The van der Waals surface area contributed by atoms with Crippen molar-refractivity contribution in [1.82, 2.24) is 9.62 Å². The van der Waals surface area contributed by atoms with Crippen LogP contribution in [0.3, 0.4) is 0 Å². The summed E-state index contributed by atoms with van der Waals surface area (Å²) in [7, 11) is -3.59. The van der Waals surface area contributed by atoms with E-state index in [1.807, 2.05) is 13.0 Å². The highest BCUT2D eigenvalue weighted by Gasteiger charge is 2.51. The molecule has 1 saturated carbocycles. The van der Waals surface area contributed by atoms with E-state index in [1.54, 1.807) is 54.3 Å².